The molecule has 3 rings (SSSR count). The highest BCUT2D eigenvalue weighted by Crippen LogP contribution is 2.27. The second-order valence-corrected chi connectivity index (χ2v) is 6.84. The lowest BCUT2D eigenvalue weighted by Crippen LogP contribution is -2.53. The summed E-state index contributed by atoms with van der Waals surface area (Å²) in [6, 6.07) is 11.5. The summed E-state index contributed by atoms with van der Waals surface area (Å²) < 4.78 is 25.0. The van der Waals surface area contributed by atoms with Crippen molar-refractivity contribution in [2.24, 2.45) is 0 Å². The van der Waals surface area contributed by atoms with E-state index >= 15 is 0 Å². The van der Waals surface area contributed by atoms with Gasteiger partial charge in [-0.15, -0.1) is 0 Å². The molecule has 7 heteroatoms. The van der Waals surface area contributed by atoms with Crippen LogP contribution in [0, 0.1) is 5.82 Å². The van der Waals surface area contributed by atoms with Crippen molar-refractivity contribution in [2.45, 2.75) is 24.8 Å². The maximum Gasteiger partial charge on any atom is 0.305 e. The van der Waals surface area contributed by atoms with Crippen LogP contribution in [0.2, 0.25) is 0 Å². The van der Waals surface area contributed by atoms with Crippen molar-refractivity contribution in [1.82, 2.24) is 5.32 Å². The third-order valence-electron chi connectivity index (χ3n) is 4.96. The van der Waals surface area contributed by atoms with Crippen LogP contribution in [0.25, 0.3) is 11.1 Å². The van der Waals surface area contributed by atoms with Crippen molar-refractivity contribution >= 4 is 11.9 Å². The molecule has 0 saturated carbocycles. The van der Waals surface area contributed by atoms with Crippen LogP contribution in [0.4, 0.5) is 4.39 Å². The zero-order valence-electron chi connectivity index (χ0n) is 15.5. The molecule has 1 heterocycles. The van der Waals surface area contributed by atoms with Gasteiger partial charge in [0.2, 0.25) is 0 Å². The first-order valence-electron chi connectivity index (χ1n) is 8.98. The summed E-state index contributed by atoms with van der Waals surface area (Å²) in [5.74, 6) is -1.61. The van der Waals surface area contributed by atoms with Crippen LogP contribution >= 0.6 is 0 Å². The molecule has 0 spiro atoms. The van der Waals surface area contributed by atoms with E-state index in [1.54, 1.807) is 37.4 Å². The fourth-order valence-electron chi connectivity index (χ4n) is 3.37. The molecule has 2 aromatic rings. The largest absolute Gasteiger partial charge is 0.497 e. The fourth-order valence-corrected chi connectivity index (χ4v) is 3.37. The Morgan fingerprint density at radius 1 is 1.14 bits per heavy atom. The van der Waals surface area contributed by atoms with Gasteiger partial charge in [-0.2, -0.15) is 0 Å². The Morgan fingerprint density at radius 2 is 1.79 bits per heavy atom. The van der Waals surface area contributed by atoms with Gasteiger partial charge in [-0.1, -0.05) is 18.2 Å². The molecule has 1 saturated heterocycles. The monoisotopic (exact) mass is 387 g/mol. The second-order valence-electron chi connectivity index (χ2n) is 6.84. The minimum absolute atomic E-state index is 0.117. The van der Waals surface area contributed by atoms with Crippen molar-refractivity contribution < 1.29 is 28.6 Å². The Hall–Kier alpha value is -2.93. The number of ether oxygens (including phenoxy) is 2. The number of carbonyl (C=O) groups is 2. The molecule has 2 N–H and O–H groups in total. The Kier molecular flexibility index (Phi) is 5.94. The molecule has 28 heavy (non-hydrogen) atoms. The average Bonchev–Trinajstić information content (AvgIpc) is 2.67. The predicted octanol–water partition coefficient (Wildman–Crippen LogP) is 3.26. The first-order chi connectivity index (χ1) is 13.4. The average molecular weight is 387 g/mol. The van der Waals surface area contributed by atoms with Crippen molar-refractivity contribution in [3.8, 4) is 16.9 Å². The highest BCUT2D eigenvalue weighted by molar-refractivity contribution is 5.95. The van der Waals surface area contributed by atoms with E-state index in [2.05, 4.69) is 5.32 Å². The molecular weight excluding hydrogens is 365 g/mol. The van der Waals surface area contributed by atoms with Gasteiger partial charge >= 0.3 is 5.97 Å². The van der Waals surface area contributed by atoms with E-state index < -0.39 is 23.2 Å². The number of carboxylic acids is 1. The minimum atomic E-state index is -1.02. The fraction of sp³-hybridized carbons (Fsp3) is 0.333. The summed E-state index contributed by atoms with van der Waals surface area (Å²) >= 11 is 0. The predicted molar refractivity (Wildman–Crippen MR) is 101 cm³/mol. The highest BCUT2D eigenvalue weighted by Gasteiger charge is 2.37. The molecule has 1 aliphatic rings. The molecule has 1 amide bonds. The Balaban J connectivity index is 1.80. The number of carbonyl (C=O) groups excluding carboxylic acids is 1. The Labute approximate surface area is 162 Å². The molecule has 148 valence electrons. The molecule has 0 radical (unpaired) electrons. The lowest BCUT2D eigenvalue weighted by Gasteiger charge is -2.36. The third-order valence-corrected chi connectivity index (χ3v) is 4.96. The van der Waals surface area contributed by atoms with Gasteiger partial charge < -0.3 is 19.9 Å². The smallest absolute Gasteiger partial charge is 0.305 e. The first-order valence-corrected chi connectivity index (χ1v) is 8.98. The molecule has 0 bridgehead atoms. The van der Waals surface area contributed by atoms with Crippen LogP contribution in [-0.4, -0.2) is 42.8 Å². The number of benzene rings is 2. The molecule has 1 aliphatic heterocycles. The molecule has 2 aromatic carbocycles. The Morgan fingerprint density at radius 3 is 2.36 bits per heavy atom. The number of methoxy groups -OCH3 is 1. The summed E-state index contributed by atoms with van der Waals surface area (Å²) in [4.78, 5) is 23.9. The number of hydrogen-bond acceptors (Lipinski definition) is 4. The van der Waals surface area contributed by atoms with Crippen molar-refractivity contribution in [3.05, 3.63) is 53.8 Å². The van der Waals surface area contributed by atoms with Gasteiger partial charge in [-0.05, 0) is 48.2 Å². The normalized spacial score (nSPS) is 15.6. The summed E-state index contributed by atoms with van der Waals surface area (Å²) in [6.45, 7) is 0.707. The van der Waals surface area contributed by atoms with Gasteiger partial charge in [0.15, 0.2) is 0 Å². The van der Waals surface area contributed by atoms with E-state index in [1.807, 2.05) is 0 Å². The van der Waals surface area contributed by atoms with E-state index in [0.717, 1.165) is 5.56 Å². The lowest BCUT2D eigenvalue weighted by atomic mass is 9.86. The quantitative estimate of drug-likeness (QED) is 0.795. The van der Waals surface area contributed by atoms with E-state index in [9.17, 15) is 19.1 Å². The standard InChI is InChI=1S/C21H22FNO5/c1-27-16-5-2-14(3-6-16)15-4-7-17(18(22)12-15)20(26)23-21(13-19(24)25)8-10-28-11-9-21/h2-7,12H,8-11,13H2,1H3,(H,23,26)(H,24,25). The SMILES string of the molecule is COc1ccc(-c2ccc(C(=O)NC3(CC(=O)O)CCOCC3)c(F)c2)cc1. The third kappa shape index (κ3) is 4.48. The molecule has 0 aliphatic carbocycles. The van der Waals surface area contributed by atoms with Gasteiger partial charge in [-0.25, -0.2) is 4.39 Å². The Bertz CT molecular complexity index is 860. The molecule has 0 aromatic heterocycles. The lowest BCUT2D eigenvalue weighted by molar-refractivity contribution is -0.139. The number of aliphatic carboxylic acids is 1. The first kappa shape index (κ1) is 19.8. The van der Waals surface area contributed by atoms with E-state index in [-0.39, 0.29) is 12.0 Å². The van der Waals surface area contributed by atoms with Crippen LogP contribution in [0.15, 0.2) is 42.5 Å². The van der Waals surface area contributed by atoms with E-state index in [4.69, 9.17) is 9.47 Å². The van der Waals surface area contributed by atoms with Gasteiger partial charge in [0.05, 0.1) is 24.6 Å². The van der Waals surface area contributed by atoms with Crippen LogP contribution in [0.3, 0.4) is 0 Å². The number of rotatable bonds is 6. The highest BCUT2D eigenvalue weighted by atomic mass is 19.1. The maximum absolute atomic E-state index is 14.6. The number of hydrogen-bond donors (Lipinski definition) is 2. The molecular formula is C21H22FNO5. The summed E-state index contributed by atoms with van der Waals surface area (Å²) in [5, 5.41) is 11.9. The maximum atomic E-state index is 14.6. The van der Waals surface area contributed by atoms with Crippen LogP contribution in [-0.2, 0) is 9.53 Å². The number of amides is 1. The number of carboxylic acid groups (broad SMARTS) is 1. The summed E-state index contributed by atoms with van der Waals surface area (Å²) in [7, 11) is 1.57. The van der Waals surface area contributed by atoms with E-state index in [0.29, 0.717) is 37.4 Å². The molecule has 0 atom stereocenters. The topological polar surface area (TPSA) is 84.9 Å². The van der Waals surface area contributed by atoms with E-state index in [1.165, 1.54) is 12.1 Å². The zero-order valence-corrected chi connectivity index (χ0v) is 15.5. The van der Waals surface area contributed by atoms with Gasteiger partial charge in [-0.3, -0.25) is 9.59 Å². The number of halogens is 1. The number of nitrogens with one attached hydrogen (secondary N) is 1. The van der Waals surface area contributed by atoms with Gasteiger partial charge in [0.25, 0.3) is 5.91 Å². The molecule has 1 fully saturated rings. The molecule has 6 nitrogen and oxygen atoms in total. The van der Waals surface area contributed by atoms with Crippen molar-refractivity contribution in [2.75, 3.05) is 20.3 Å². The van der Waals surface area contributed by atoms with Crippen LogP contribution in [0.1, 0.15) is 29.6 Å². The van der Waals surface area contributed by atoms with Gasteiger partial charge in [0, 0.05) is 13.2 Å². The van der Waals surface area contributed by atoms with Gasteiger partial charge in [0.1, 0.15) is 11.6 Å². The summed E-state index contributed by atoms with van der Waals surface area (Å²) in [6.07, 6.45) is 0.515. The van der Waals surface area contributed by atoms with Crippen LogP contribution in [0.5, 0.6) is 5.75 Å². The second kappa shape index (κ2) is 8.39. The van der Waals surface area contributed by atoms with Crippen LogP contribution < -0.4 is 10.1 Å². The summed E-state index contributed by atoms with van der Waals surface area (Å²) in [5.41, 5.74) is 0.373. The minimum Gasteiger partial charge on any atom is -0.497 e. The molecule has 0 unspecified atom stereocenters. The zero-order chi connectivity index (χ0) is 20.1. The van der Waals surface area contributed by atoms with Crippen molar-refractivity contribution in [3.63, 3.8) is 0 Å². The van der Waals surface area contributed by atoms with Crippen molar-refractivity contribution in [1.29, 1.82) is 0 Å².